The highest BCUT2D eigenvalue weighted by Gasteiger charge is 2.12. The monoisotopic (exact) mass is 403 g/mol. The van der Waals surface area contributed by atoms with E-state index >= 15 is 0 Å². The molecule has 0 aliphatic heterocycles. The summed E-state index contributed by atoms with van der Waals surface area (Å²) in [6, 6.07) is 19.2. The SMILES string of the molecule is CSc1ccccc1C(=O)Nc1cccc(-c2csc(-c3cccnc3)n2)c1. The maximum atomic E-state index is 12.7. The van der Waals surface area contributed by atoms with E-state index in [4.69, 9.17) is 4.98 Å². The molecule has 0 unspecified atom stereocenters. The van der Waals surface area contributed by atoms with Crippen LogP contribution in [0.15, 0.2) is 83.3 Å². The number of nitrogens with one attached hydrogen (secondary N) is 1. The molecule has 0 spiro atoms. The number of carbonyl (C=O) groups excluding carboxylic acids is 1. The third-order valence-corrected chi connectivity index (χ3v) is 5.87. The van der Waals surface area contributed by atoms with Crippen LogP contribution in [0.5, 0.6) is 0 Å². The highest BCUT2D eigenvalue weighted by molar-refractivity contribution is 7.98. The minimum absolute atomic E-state index is 0.114. The average molecular weight is 404 g/mol. The second-order valence-corrected chi connectivity index (χ2v) is 7.72. The van der Waals surface area contributed by atoms with Gasteiger partial charge in [0.15, 0.2) is 0 Å². The fourth-order valence-electron chi connectivity index (χ4n) is 2.82. The topological polar surface area (TPSA) is 54.9 Å². The van der Waals surface area contributed by atoms with Crippen molar-refractivity contribution in [2.45, 2.75) is 4.90 Å². The Kier molecular flexibility index (Phi) is 5.50. The van der Waals surface area contributed by atoms with E-state index in [1.807, 2.05) is 78.5 Å². The molecule has 0 fully saturated rings. The minimum Gasteiger partial charge on any atom is -0.322 e. The molecule has 0 saturated heterocycles. The smallest absolute Gasteiger partial charge is 0.256 e. The number of hydrogen-bond acceptors (Lipinski definition) is 5. The summed E-state index contributed by atoms with van der Waals surface area (Å²) in [6.45, 7) is 0. The third kappa shape index (κ3) is 3.98. The van der Waals surface area contributed by atoms with Crippen molar-refractivity contribution in [3.63, 3.8) is 0 Å². The first-order valence-electron chi connectivity index (χ1n) is 8.65. The van der Waals surface area contributed by atoms with Crippen LogP contribution in [-0.2, 0) is 0 Å². The van der Waals surface area contributed by atoms with Crippen LogP contribution < -0.4 is 5.32 Å². The molecule has 138 valence electrons. The fraction of sp³-hybridized carbons (Fsp3) is 0.0455. The molecule has 0 bridgehead atoms. The second-order valence-electron chi connectivity index (χ2n) is 6.01. The number of rotatable bonds is 5. The lowest BCUT2D eigenvalue weighted by atomic mass is 10.1. The van der Waals surface area contributed by atoms with E-state index in [9.17, 15) is 4.79 Å². The molecule has 0 saturated carbocycles. The Morgan fingerprint density at radius 1 is 1.04 bits per heavy atom. The Bertz CT molecular complexity index is 1110. The molecule has 0 radical (unpaired) electrons. The molecule has 2 aromatic carbocycles. The number of benzene rings is 2. The van der Waals surface area contributed by atoms with Crippen LogP contribution in [-0.4, -0.2) is 22.1 Å². The van der Waals surface area contributed by atoms with E-state index in [0.29, 0.717) is 5.56 Å². The quantitative estimate of drug-likeness (QED) is 0.425. The summed E-state index contributed by atoms with van der Waals surface area (Å²) >= 11 is 3.14. The van der Waals surface area contributed by atoms with Gasteiger partial charge in [0.1, 0.15) is 5.01 Å². The number of thioether (sulfide) groups is 1. The number of anilines is 1. The van der Waals surface area contributed by atoms with E-state index in [1.165, 1.54) is 0 Å². The second kappa shape index (κ2) is 8.37. The van der Waals surface area contributed by atoms with E-state index in [2.05, 4.69) is 10.3 Å². The van der Waals surface area contributed by atoms with Crippen LogP contribution in [0.2, 0.25) is 0 Å². The lowest BCUT2D eigenvalue weighted by Crippen LogP contribution is -2.12. The highest BCUT2D eigenvalue weighted by Crippen LogP contribution is 2.30. The summed E-state index contributed by atoms with van der Waals surface area (Å²) in [6.07, 6.45) is 5.52. The zero-order valence-corrected chi connectivity index (χ0v) is 16.8. The molecular formula is C22H17N3OS2. The summed E-state index contributed by atoms with van der Waals surface area (Å²) in [5.41, 5.74) is 4.26. The van der Waals surface area contributed by atoms with Crippen molar-refractivity contribution >= 4 is 34.7 Å². The normalized spacial score (nSPS) is 10.6. The van der Waals surface area contributed by atoms with Gasteiger partial charge in [-0.3, -0.25) is 9.78 Å². The molecule has 4 nitrogen and oxygen atoms in total. The first-order valence-corrected chi connectivity index (χ1v) is 10.8. The van der Waals surface area contributed by atoms with Gasteiger partial charge in [0.05, 0.1) is 11.3 Å². The molecule has 28 heavy (non-hydrogen) atoms. The minimum atomic E-state index is -0.114. The molecule has 0 atom stereocenters. The Balaban J connectivity index is 1.57. The molecule has 1 amide bonds. The van der Waals surface area contributed by atoms with Gasteiger partial charge in [-0.1, -0.05) is 24.3 Å². The van der Waals surface area contributed by atoms with E-state index in [-0.39, 0.29) is 5.91 Å². The fourth-order valence-corrected chi connectivity index (χ4v) is 4.23. The van der Waals surface area contributed by atoms with Crippen LogP contribution >= 0.6 is 23.1 Å². The highest BCUT2D eigenvalue weighted by atomic mass is 32.2. The Labute approximate surface area is 171 Å². The van der Waals surface area contributed by atoms with Crippen LogP contribution in [0.25, 0.3) is 21.8 Å². The molecule has 2 aromatic heterocycles. The number of carbonyl (C=O) groups is 1. The van der Waals surface area contributed by atoms with Crippen molar-refractivity contribution in [3.05, 3.63) is 84.0 Å². The number of hydrogen-bond donors (Lipinski definition) is 1. The van der Waals surface area contributed by atoms with Gasteiger partial charge in [0.2, 0.25) is 0 Å². The van der Waals surface area contributed by atoms with Crippen molar-refractivity contribution in [1.82, 2.24) is 9.97 Å². The summed E-state index contributed by atoms with van der Waals surface area (Å²) in [7, 11) is 0. The van der Waals surface area contributed by atoms with E-state index in [0.717, 1.165) is 32.4 Å². The molecule has 4 rings (SSSR count). The summed E-state index contributed by atoms with van der Waals surface area (Å²) in [4.78, 5) is 22.5. The number of pyridine rings is 1. The standard InChI is InChI=1S/C22H17N3OS2/c1-27-20-10-3-2-9-18(20)21(26)24-17-8-4-6-15(12-17)19-14-28-22(25-19)16-7-5-11-23-13-16/h2-14H,1H3,(H,24,26). The summed E-state index contributed by atoms with van der Waals surface area (Å²) < 4.78 is 0. The van der Waals surface area contributed by atoms with Crippen LogP contribution in [0, 0.1) is 0 Å². The number of nitrogens with zero attached hydrogens (tertiary/aromatic N) is 2. The lowest BCUT2D eigenvalue weighted by molar-refractivity contribution is 0.102. The Hall–Kier alpha value is -2.96. The summed E-state index contributed by atoms with van der Waals surface area (Å²) in [5.74, 6) is -0.114. The number of aromatic nitrogens is 2. The molecule has 4 aromatic rings. The molecule has 2 heterocycles. The van der Waals surface area contributed by atoms with Crippen molar-refractivity contribution < 1.29 is 4.79 Å². The molecular weight excluding hydrogens is 386 g/mol. The largest absolute Gasteiger partial charge is 0.322 e. The van der Waals surface area contributed by atoms with E-state index in [1.54, 1.807) is 29.3 Å². The van der Waals surface area contributed by atoms with Gasteiger partial charge in [0.25, 0.3) is 5.91 Å². The molecule has 1 N–H and O–H groups in total. The Morgan fingerprint density at radius 3 is 2.71 bits per heavy atom. The summed E-state index contributed by atoms with van der Waals surface area (Å²) in [5, 5.41) is 5.94. The molecule has 6 heteroatoms. The van der Waals surface area contributed by atoms with Crippen molar-refractivity contribution in [2.75, 3.05) is 11.6 Å². The molecule has 0 aliphatic carbocycles. The molecule has 0 aliphatic rings. The van der Waals surface area contributed by atoms with Crippen LogP contribution in [0.3, 0.4) is 0 Å². The predicted molar refractivity (Wildman–Crippen MR) is 117 cm³/mol. The van der Waals surface area contributed by atoms with Crippen molar-refractivity contribution in [2.24, 2.45) is 0 Å². The zero-order chi connectivity index (χ0) is 19.3. The van der Waals surface area contributed by atoms with Gasteiger partial charge in [-0.2, -0.15) is 0 Å². The first-order chi connectivity index (χ1) is 13.7. The van der Waals surface area contributed by atoms with Gasteiger partial charge in [-0.25, -0.2) is 4.98 Å². The maximum Gasteiger partial charge on any atom is 0.256 e. The zero-order valence-electron chi connectivity index (χ0n) is 15.1. The van der Waals surface area contributed by atoms with Crippen molar-refractivity contribution in [3.8, 4) is 21.8 Å². The number of thiazole rings is 1. The maximum absolute atomic E-state index is 12.7. The third-order valence-electron chi connectivity index (χ3n) is 4.18. The van der Waals surface area contributed by atoms with Gasteiger partial charge < -0.3 is 5.32 Å². The van der Waals surface area contributed by atoms with Crippen molar-refractivity contribution in [1.29, 1.82) is 0 Å². The van der Waals surface area contributed by atoms with Crippen LogP contribution in [0.4, 0.5) is 5.69 Å². The lowest BCUT2D eigenvalue weighted by Gasteiger charge is -2.09. The first kappa shape index (κ1) is 18.4. The number of amides is 1. The van der Waals surface area contributed by atoms with Gasteiger partial charge >= 0.3 is 0 Å². The van der Waals surface area contributed by atoms with Gasteiger partial charge in [-0.15, -0.1) is 23.1 Å². The van der Waals surface area contributed by atoms with E-state index < -0.39 is 0 Å². The van der Waals surface area contributed by atoms with Gasteiger partial charge in [-0.05, 0) is 42.7 Å². The Morgan fingerprint density at radius 2 is 1.89 bits per heavy atom. The average Bonchev–Trinajstić information content (AvgIpc) is 3.25. The van der Waals surface area contributed by atoms with Gasteiger partial charge in [0, 0.05) is 39.5 Å². The van der Waals surface area contributed by atoms with Crippen LogP contribution in [0.1, 0.15) is 10.4 Å². The predicted octanol–water partition coefficient (Wildman–Crippen LogP) is 5.85.